The fourth-order valence-corrected chi connectivity index (χ4v) is 2.68. The fourth-order valence-electron chi connectivity index (χ4n) is 1.73. The molecule has 0 saturated heterocycles. The molecule has 2 aromatic rings. The highest BCUT2D eigenvalue weighted by Gasteiger charge is 2.08. The molecular formula is C14H11FN2O2S. The van der Waals surface area contributed by atoms with E-state index in [2.05, 4.69) is 5.32 Å². The van der Waals surface area contributed by atoms with Gasteiger partial charge in [-0.3, -0.25) is 4.79 Å². The number of halogens is 1. The Morgan fingerprint density at radius 1 is 1.35 bits per heavy atom. The Hall–Kier alpha value is -2.39. The van der Waals surface area contributed by atoms with Crippen LogP contribution in [0.1, 0.15) is 15.3 Å². The van der Waals surface area contributed by atoms with Crippen LogP contribution in [0.15, 0.2) is 30.3 Å². The Labute approximate surface area is 119 Å². The van der Waals surface area contributed by atoms with Gasteiger partial charge < -0.3 is 10.4 Å². The molecule has 0 atom stereocenters. The molecule has 1 aromatic heterocycles. The number of carbonyl (C=O) groups is 1. The van der Waals surface area contributed by atoms with Gasteiger partial charge in [-0.1, -0.05) is 6.07 Å². The van der Waals surface area contributed by atoms with Crippen molar-refractivity contribution in [3.63, 3.8) is 0 Å². The molecule has 0 radical (unpaired) electrons. The molecule has 0 fully saturated rings. The van der Waals surface area contributed by atoms with Crippen LogP contribution in [-0.4, -0.2) is 11.1 Å². The summed E-state index contributed by atoms with van der Waals surface area (Å²) in [6, 6.07) is 9.80. The predicted octanol–water partition coefficient (Wildman–Crippen LogP) is 3.00. The van der Waals surface area contributed by atoms with Crippen molar-refractivity contribution in [2.45, 2.75) is 13.0 Å². The van der Waals surface area contributed by atoms with Gasteiger partial charge >= 0.3 is 5.97 Å². The number of benzene rings is 1. The Kier molecular flexibility index (Phi) is 4.33. The summed E-state index contributed by atoms with van der Waals surface area (Å²) in [5.41, 5.74) is 0.413. The molecule has 0 aliphatic heterocycles. The van der Waals surface area contributed by atoms with Crippen LogP contribution < -0.4 is 5.32 Å². The van der Waals surface area contributed by atoms with Crippen LogP contribution in [-0.2, 0) is 17.8 Å². The van der Waals surface area contributed by atoms with E-state index in [1.807, 2.05) is 12.1 Å². The van der Waals surface area contributed by atoms with E-state index in [-0.39, 0.29) is 12.0 Å². The zero-order valence-corrected chi connectivity index (χ0v) is 11.2. The number of thiophene rings is 1. The predicted molar refractivity (Wildman–Crippen MR) is 74.1 cm³/mol. The normalized spacial score (nSPS) is 10.0. The van der Waals surface area contributed by atoms with Gasteiger partial charge in [-0.2, -0.15) is 5.26 Å². The van der Waals surface area contributed by atoms with Gasteiger partial charge in [0.25, 0.3) is 0 Å². The van der Waals surface area contributed by atoms with Crippen molar-refractivity contribution in [2.24, 2.45) is 0 Å². The van der Waals surface area contributed by atoms with E-state index in [1.165, 1.54) is 23.5 Å². The number of nitrogens with zero attached hydrogens (tertiary/aromatic N) is 1. The van der Waals surface area contributed by atoms with Crippen molar-refractivity contribution < 1.29 is 14.3 Å². The Balaban J connectivity index is 2.06. The highest BCUT2D eigenvalue weighted by molar-refractivity contribution is 7.12. The number of aliphatic carboxylic acids is 1. The van der Waals surface area contributed by atoms with E-state index in [0.717, 1.165) is 9.75 Å². The van der Waals surface area contributed by atoms with Crippen LogP contribution in [0.2, 0.25) is 0 Å². The zero-order chi connectivity index (χ0) is 14.5. The van der Waals surface area contributed by atoms with Gasteiger partial charge in [0.2, 0.25) is 0 Å². The third kappa shape index (κ3) is 3.33. The summed E-state index contributed by atoms with van der Waals surface area (Å²) >= 11 is 1.38. The van der Waals surface area contributed by atoms with E-state index in [9.17, 15) is 9.18 Å². The zero-order valence-electron chi connectivity index (χ0n) is 10.4. The molecule has 0 bridgehead atoms. The van der Waals surface area contributed by atoms with Gasteiger partial charge in [0.15, 0.2) is 0 Å². The van der Waals surface area contributed by atoms with E-state index >= 15 is 0 Å². The molecule has 0 spiro atoms. The SMILES string of the molecule is N#Cc1c(F)cccc1NCc1ccc(CC(=O)O)s1. The average molecular weight is 290 g/mol. The number of rotatable bonds is 5. The standard InChI is InChI=1S/C14H11FN2O2S/c15-12-2-1-3-13(11(12)7-16)17-8-10-5-4-9(20-10)6-14(18)19/h1-5,17H,6,8H2,(H,18,19). The van der Waals surface area contributed by atoms with Crippen LogP contribution in [0, 0.1) is 17.1 Å². The number of hydrogen-bond donors (Lipinski definition) is 2. The van der Waals surface area contributed by atoms with Crippen LogP contribution in [0.4, 0.5) is 10.1 Å². The second-order valence-electron chi connectivity index (χ2n) is 4.07. The second kappa shape index (κ2) is 6.17. The Morgan fingerprint density at radius 3 is 2.80 bits per heavy atom. The van der Waals surface area contributed by atoms with Crippen molar-refractivity contribution >= 4 is 23.0 Å². The third-order valence-electron chi connectivity index (χ3n) is 2.62. The molecule has 1 heterocycles. The largest absolute Gasteiger partial charge is 0.481 e. The first-order valence-corrected chi connectivity index (χ1v) is 6.63. The summed E-state index contributed by atoms with van der Waals surface area (Å²) in [7, 11) is 0. The Bertz CT molecular complexity index is 676. The third-order valence-corrected chi connectivity index (χ3v) is 3.71. The monoisotopic (exact) mass is 290 g/mol. The van der Waals surface area contributed by atoms with Gasteiger partial charge in [-0.15, -0.1) is 11.3 Å². The van der Waals surface area contributed by atoms with Crippen molar-refractivity contribution in [3.05, 3.63) is 51.5 Å². The van der Waals surface area contributed by atoms with E-state index in [0.29, 0.717) is 12.2 Å². The lowest BCUT2D eigenvalue weighted by Crippen LogP contribution is -2.01. The molecule has 0 amide bonds. The molecule has 6 heteroatoms. The van der Waals surface area contributed by atoms with Crippen molar-refractivity contribution in [3.8, 4) is 6.07 Å². The molecular weight excluding hydrogens is 279 g/mol. The fraction of sp³-hybridized carbons (Fsp3) is 0.143. The van der Waals surface area contributed by atoms with Gasteiger partial charge in [0.1, 0.15) is 17.4 Å². The highest BCUT2D eigenvalue weighted by atomic mass is 32.1. The molecule has 2 N–H and O–H groups in total. The summed E-state index contributed by atoms with van der Waals surface area (Å²) in [5.74, 6) is -1.43. The number of nitriles is 1. The lowest BCUT2D eigenvalue weighted by molar-refractivity contribution is -0.136. The molecule has 1 aromatic carbocycles. The number of carboxylic acids is 1. The van der Waals surface area contributed by atoms with E-state index in [4.69, 9.17) is 10.4 Å². The summed E-state index contributed by atoms with van der Waals surface area (Å²) in [6.07, 6.45) is -0.00588. The second-order valence-corrected chi connectivity index (χ2v) is 5.32. The molecule has 0 aliphatic rings. The minimum atomic E-state index is -0.872. The van der Waals surface area contributed by atoms with Crippen molar-refractivity contribution in [1.82, 2.24) is 0 Å². The molecule has 0 aliphatic carbocycles. The summed E-state index contributed by atoms with van der Waals surface area (Å²) in [6.45, 7) is 0.419. The van der Waals surface area contributed by atoms with Crippen LogP contribution >= 0.6 is 11.3 Å². The lowest BCUT2D eigenvalue weighted by Gasteiger charge is -2.07. The van der Waals surface area contributed by atoms with Crippen LogP contribution in [0.5, 0.6) is 0 Å². The molecule has 4 nitrogen and oxygen atoms in total. The smallest absolute Gasteiger partial charge is 0.308 e. The average Bonchev–Trinajstić information content (AvgIpc) is 2.83. The Morgan fingerprint density at radius 2 is 2.10 bits per heavy atom. The maximum absolute atomic E-state index is 13.4. The first-order valence-electron chi connectivity index (χ1n) is 5.82. The van der Waals surface area contributed by atoms with Gasteiger partial charge in [0.05, 0.1) is 12.1 Å². The minimum absolute atomic E-state index is 0.00588. The summed E-state index contributed by atoms with van der Waals surface area (Å²) in [5, 5.41) is 20.6. The molecule has 2 rings (SSSR count). The van der Waals surface area contributed by atoms with Crippen LogP contribution in [0.3, 0.4) is 0 Å². The topological polar surface area (TPSA) is 73.1 Å². The maximum atomic E-state index is 13.4. The summed E-state index contributed by atoms with van der Waals surface area (Å²) < 4.78 is 13.4. The van der Waals surface area contributed by atoms with Crippen molar-refractivity contribution in [1.29, 1.82) is 5.26 Å². The molecule has 102 valence electrons. The molecule has 0 saturated carbocycles. The van der Waals surface area contributed by atoms with Gasteiger partial charge in [-0.25, -0.2) is 4.39 Å². The number of nitrogens with one attached hydrogen (secondary N) is 1. The quantitative estimate of drug-likeness (QED) is 0.887. The minimum Gasteiger partial charge on any atom is -0.481 e. The van der Waals surface area contributed by atoms with E-state index < -0.39 is 11.8 Å². The molecule has 20 heavy (non-hydrogen) atoms. The van der Waals surface area contributed by atoms with Crippen molar-refractivity contribution in [2.75, 3.05) is 5.32 Å². The summed E-state index contributed by atoms with van der Waals surface area (Å²) in [4.78, 5) is 12.3. The number of carboxylic acid groups (broad SMARTS) is 1. The van der Waals surface area contributed by atoms with Crippen LogP contribution in [0.25, 0.3) is 0 Å². The lowest BCUT2D eigenvalue weighted by atomic mass is 10.2. The van der Waals surface area contributed by atoms with Gasteiger partial charge in [0, 0.05) is 16.3 Å². The highest BCUT2D eigenvalue weighted by Crippen LogP contribution is 2.21. The molecule has 0 unspecified atom stereocenters. The number of hydrogen-bond acceptors (Lipinski definition) is 4. The number of anilines is 1. The van der Waals surface area contributed by atoms with E-state index in [1.54, 1.807) is 12.1 Å². The maximum Gasteiger partial charge on any atom is 0.308 e. The van der Waals surface area contributed by atoms with Gasteiger partial charge in [-0.05, 0) is 24.3 Å². The first-order chi connectivity index (χ1) is 9.60. The first kappa shape index (κ1) is 14.0.